The molecule has 0 saturated heterocycles. The van der Waals surface area contributed by atoms with Crippen LogP contribution in [0.3, 0.4) is 0 Å². The van der Waals surface area contributed by atoms with Crippen LogP contribution in [0.2, 0.25) is 0 Å². The number of aromatic nitrogens is 1. The van der Waals surface area contributed by atoms with Gasteiger partial charge in [0.15, 0.2) is 5.88 Å². The van der Waals surface area contributed by atoms with Crippen molar-refractivity contribution in [2.45, 2.75) is 13.8 Å². The second kappa shape index (κ2) is 6.58. The van der Waals surface area contributed by atoms with Gasteiger partial charge in [0.2, 0.25) is 0 Å². The van der Waals surface area contributed by atoms with Crippen molar-refractivity contribution in [3.63, 3.8) is 0 Å². The summed E-state index contributed by atoms with van der Waals surface area (Å²) in [5.74, 6) is -1.44. The molecule has 1 aromatic heterocycles. The van der Waals surface area contributed by atoms with Crippen LogP contribution >= 0.6 is 0 Å². The number of hydrogen-bond donors (Lipinski definition) is 2. The summed E-state index contributed by atoms with van der Waals surface area (Å²) in [6.45, 7) is 3.69. The Bertz CT molecular complexity index is 523. The van der Waals surface area contributed by atoms with Crippen molar-refractivity contribution in [3.8, 4) is 5.88 Å². The molecule has 0 atom stereocenters. The smallest absolute Gasteiger partial charge is 0.325 e. The first-order valence-electron chi connectivity index (χ1n) is 5.86. The summed E-state index contributed by atoms with van der Waals surface area (Å²) in [5, 5.41) is 9.25. The van der Waals surface area contributed by atoms with Gasteiger partial charge in [-0.1, -0.05) is 0 Å². The van der Waals surface area contributed by atoms with Gasteiger partial charge in [0.1, 0.15) is 6.54 Å². The van der Waals surface area contributed by atoms with E-state index in [-0.39, 0.29) is 25.3 Å². The van der Waals surface area contributed by atoms with Crippen LogP contribution in [0.4, 0.5) is 0 Å². The lowest BCUT2D eigenvalue weighted by Crippen LogP contribution is -2.36. The number of aromatic amines is 1. The van der Waals surface area contributed by atoms with Crippen LogP contribution in [-0.4, -0.2) is 46.6 Å². The highest BCUT2D eigenvalue weighted by atomic mass is 16.5. The molecule has 0 bridgehead atoms. The fourth-order valence-corrected chi connectivity index (χ4v) is 1.52. The van der Waals surface area contributed by atoms with E-state index in [1.807, 2.05) is 0 Å². The predicted molar refractivity (Wildman–Crippen MR) is 66.9 cm³/mol. The van der Waals surface area contributed by atoms with Gasteiger partial charge in [-0.15, -0.1) is 0 Å². The number of nitrogens with zero attached hydrogens (tertiary/aromatic N) is 1. The van der Waals surface area contributed by atoms with E-state index in [4.69, 9.17) is 4.74 Å². The number of nitrogens with one attached hydrogen (secondary N) is 1. The molecule has 0 aromatic carbocycles. The van der Waals surface area contributed by atoms with E-state index in [1.54, 1.807) is 13.8 Å². The molecule has 19 heavy (non-hydrogen) atoms. The van der Waals surface area contributed by atoms with Gasteiger partial charge < -0.3 is 14.7 Å². The molecule has 0 aliphatic rings. The molecule has 7 heteroatoms. The number of carbonyl (C=O) groups excluding carboxylic acids is 2. The Morgan fingerprint density at radius 2 is 2.05 bits per heavy atom. The fourth-order valence-electron chi connectivity index (χ4n) is 1.52. The van der Waals surface area contributed by atoms with Crippen molar-refractivity contribution in [2.24, 2.45) is 0 Å². The largest absolute Gasteiger partial charge is 0.494 e. The number of pyridine rings is 1. The molecule has 1 heterocycles. The third-order valence-corrected chi connectivity index (χ3v) is 2.37. The normalized spacial score (nSPS) is 10.0. The number of ether oxygens (including phenoxy) is 1. The first-order chi connectivity index (χ1) is 8.97. The van der Waals surface area contributed by atoms with E-state index in [1.165, 1.54) is 4.90 Å². The number of likely N-dealkylation sites (N-methyl/N-ethyl adjacent to an activating group) is 1. The number of carbonyl (C=O) groups is 2. The monoisotopic (exact) mass is 268 g/mol. The molecule has 7 nitrogen and oxygen atoms in total. The molecule has 0 aliphatic carbocycles. The van der Waals surface area contributed by atoms with E-state index < -0.39 is 23.3 Å². The molecule has 0 saturated carbocycles. The molecule has 0 spiro atoms. The minimum absolute atomic E-state index is 0.0207. The molecule has 0 aliphatic heterocycles. The zero-order valence-corrected chi connectivity index (χ0v) is 10.8. The van der Waals surface area contributed by atoms with Gasteiger partial charge in [0, 0.05) is 18.7 Å². The number of H-pyrrole nitrogens is 1. The Balaban J connectivity index is 2.89. The molecule has 1 rings (SSSR count). The lowest BCUT2D eigenvalue weighted by molar-refractivity contribution is -0.143. The number of rotatable bonds is 5. The number of esters is 1. The number of amides is 1. The van der Waals surface area contributed by atoms with Crippen LogP contribution in [0.5, 0.6) is 5.88 Å². The van der Waals surface area contributed by atoms with Gasteiger partial charge >= 0.3 is 5.97 Å². The first kappa shape index (κ1) is 14.7. The van der Waals surface area contributed by atoms with Crippen LogP contribution in [0, 0.1) is 0 Å². The summed E-state index contributed by atoms with van der Waals surface area (Å²) in [6.07, 6.45) is 0. The van der Waals surface area contributed by atoms with Crippen molar-refractivity contribution >= 4 is 11.9 Å². The Kier molecular flexibility index (Phi) is 5.11. The molecular weight excluding hydrogens is 252 g/mol. The zero-order valence-electron chi connectivity index (χ0n) is 10.8. The van der Waals surface area contributed by atoms with E-state index in [0.717, 1.165) is 12.1 Å². The average Bonchev–Trinajstić information content (AvgIpc) is 2.34. The molecule has 1 aromatic rings. The van der Waals surface area contributed by atoms with Gasteiger partial charge in [0.25, 0.3) is 11.5 Å². The lowest BCUT2D eigenvalue weighted by Gasteiger charge is -2.19. The average molecular weight is 268 g/mol. The van der Waals surface area contributed by atoms with Gasteiger partial charge in [-0.3, -0.25) is 19.4 Å². The predicted octanol–water partition coefficient (Wildman–Crippen LogP) is 0.106. The van der Waals surface area contributed by atoms with Crippen LogP contribution < -0.4 is 5.56 Å². The third-order valence-electron chi connectivity index (χ3n) is 2.37. The van der Waals surface area contributed by atoms with Gasteiger partial charge in [-0.2, -0.15) is 0 Å². The highest BCUT2D eigenvalue weighted by molar-refractivity contribution is 5.96. The molecule has 2 N–H and O–H groups in total. The summed E-state index contributed by atoms with van der Waals surface area (Å²) in [7, 11) is 0. The van der Waals surface area contributed by atoms with Crippen LogP contribution in [-0.2, 0) is 9.53 Å². The summed E-state index contributed by atoms with van der Waals surface area (Å²) in [5.41, 5.74) is -0.567. The summed E-state index contributed by atoms with van der Waals surface area (Å²) >= 11 is 0. The summed E-state index contributed by atoms with van der Waals surface area (Å²) in [4.78, 5) is 37.9. The second-order valence-corrected chi connectivity index (χ2v) is 3.74. The minimum atomic E-state index is -0.587. The quantitative estimate of drug-likeness (QED) is 0.738. The van der Waals surface area contributed by atoms with E-state index in [2.05, 4.69) is 4.98 Å². The van der Waals surface area contributed by atoms with Crippen molar-refractivity contribution in [1.29, 1.82) is 0 Å². The van der Waals surface area contributed by atoms with Crippen LogP contribution in [0.1, 0.15) is 24.2 Å². The Morgan fingerprint density at radius 1 is 1.37 bits per heavy atom. The summed E-state index contributed by atoms with van der Waals surface area (Å²) < 4.78 is 4.76. The van der Waals surface area contributed by atoms with Crippen molar-refractivity contribution < 1.29 is 19.4 Å². The Hall–Kier alpha value is -2.31. The van der Waals surface area contributed by atoms with E-state index >= 15 is 0 Å². The fraction of sp³-hybridized carbons (Fsp3) is 0.417. The van der Waals surface area contributed by atoms with E-state index in [9.17, 15) is 19.5 Å². The van der Waals surface area contributed by atoms with Gasteiger partial charge in [-0.05, 0) is 13.8 Å². The maximum Gasteiger partial charge on any atom is 0.325 e. The highest BCUT2D eigenvalue weighted by Crippen LogP contribution is 2.08. The number of aromatic hydroxyl groups is 1. The van der Waals surface area contributed by atoms with Crippen LogP contribution in [0.25, 0.3) is 0 Å². The highest BCUT2D eigenvalue weighted by Gasteiger charge is 2.18. The summed E-state index contributed by atoms with van der Waals surface area (Å²) in [6, 6.07) is 2.20. The molecule has 0 fully saturated rings. The number of hydrogen-bond acceptors (Lipinski definition) is 5. The zero-order chi connectivity index (χ0) is 14.4. The van der Waals surface area contributed by atoms with Crippen LogP contribution in [0.15, 0.2) is 16.9 Å². The van der Waals surface area contributed by atoms with Crippen molar-refractivity contribution in [3.05, 3.63) is 28.0 Å². The Labute approximate surface area is 109 Å². The molecule has 1 amide bonds. The topological polar surface area (TPSA) is 99.7 Å². The van der Waals surface area contributed by atoms with Crippen molar-refractivity contribution in [2.75, 3.05) is 19.7 Å². The maximum absolute atomic E-state index is 12.1. The minimum Gasteiger partial charge on any atom is -0.494 e. The van der Waals surface area contributed by atoms with Gasteiger partial charge in [0.05, 0.1) is 12.2 Å². The third kappa shape index (κ3) is 4.13. The molecule has 0 radical (unpaired) electrons. The lowest BCUT2D eigenvalue weighted by atomic mass is 10.2. The molecule has 0 unspecified atom stereocenters. The van der Waals surface area contributed by atoms with Crippen molar-refractivity contribution in [1.82, 2.24) is 9.88 Å². The SMILES string of the molecule is CCOC(=O)CN(CC)C(=O)c1cc(O)[nH]c(=O)c1. The molecule has 104 valence electrons. The Morgan fingerprint density at radius 3 is 2.58 bits per heavy atom. The standard InChI is InChI=1S/C12H16N2O5/c1-3-14(7-11(17)19-4-2)12(18)8-5-9(15)13-10(16)6-8/h5-6H,3-4,7H2,1-2H3,(H2,13,15,16). The maximum atomic E-state index is 12.1. The first-order valence-corrected chi connectivity index (χ1v) is 5.86. The van der Waals surface area contributed by atoms with E-state index in [0.29, 0.717) is 0 Å². The van der Waals surface area contributed by atoms with Gasteiger partial charge in [-0.25, -0.2) is 0 Å². The molecular formula is C12H16N2O5. The second-order valence-electron chi connectivity index (χ2n) is 3.74.